The van der Waals surface area contributed by atoms with E-state index in [1.807, 2.05) is 12.1 Å². The lowest BCUT2D eigenvalue weighted by Crippen LogP contribution is -2.46. The molecular formula is C20H31NO4. The monoisotopic (exact) mass is 349 g/mol. The molecule has 1 heterocycles. The Labute approximate surface area is 150 Å². The van der Waals surface area contributed by atoms with Crippen LogP contribution in [0, 0.1) is 0 Å². The van der Waals surface area contributed by atoms with Gasteiger partial charge in [0.1, 0.15) is 0 Å². The number of ether oxygens (including phenoxy) is 3. The molecule has 0 unspecified atom stereocenters. The van der Waals surface area contributed by atoms with Crippen molar-refractivity contribution in [3.8, 4) is 11.5 Å². The van der Waals surface area contributed by atoms with Gasteiger partial charge >= 0.3 is 0 Å². The third-order valence-corrected chi connectivity index (χ3v) is 5.50. The van der Waals surface area contributed by atoms with Crippen LogP contribution >= 0.6 is 0 Å². The Hall–Kier alpha value is -1.30. The molecule has 25 heavy (non-hydrogen) atoms. The maximum absolute atomic E-state index is 9.83. The number of aliphatic hydroxyl groups is 1. The van der Waals surface area contributed by atoms with Crippen molar-refractivity contribution in [2.45, 2.75) is 56.8 Å². The van der Waals surface area contributed by atoms with Gasteiger partial charge in [-0.25, -0.2) is 0 Å². The van der Waals surface area contributed by atoms with Crippen molar-refractivity contribution in [1.29, 1.82) is 0 Å². The van der Waals surface area contributed by atoms with Crippen molar-refractivity contribution in [2.75, 3.05) is 33.9 Å². The van der Waals surface area contributed by atoms with Gasteiger partial charge in [-0.3, -0.25) is 4.90 Å². The predicted octanol–water partition coefficient (Wildman–Crippen LogP) is 2.64. The number of likely N-dealkylation sites (tertiary alicyclic amines) is 1. The molecule has 3 rings (SSSR count). The summed E-state index contributed by atoms with van der Waals surface area (Å²) >= 11 is 0. The molecule has 0 bridgehead atoms. The molecule has 5 heteroatoms. The van der Waals surface area contributed by atoms with E-state index in [0.717, 1.165) is 43.9 Å². The molecule has 0 radical (unpaired) electrons. The second kappa shape index (κ2) is 8.88. The van der Waals surface area contributed by atoms with Crippen molar-refractivity contribution >= 4 is 0 Å². The first-order chi connectivity index (χ1) is 12.2. The largest absolute Gasteiger partial charge is 0.493 e. The Kier molecular flexibility index (Phi) is 6.57. The highest BCUT2D eigenvalue weighted by Crippen LogP contribution is 2.30. The van der Waals surface area contributed by atoms with E-state index in [0.29, 0.717) is 18.8 Å². The third-order valence-electron chi connectivity index (χ3n) is 5.50. The number of β-amino-alcohol motifs (C(OH)–C–C–N with tert-alkyl or cyclic N) is 1. The lowest BCUT2D eigenvalue weighted by atomic mass is 9.91. The average molecular weight is 349 g/mol. The second-order valence-electron chi connectivity index (χ2n) is 7.14. The van der Waals surface area contributed by atoms with Crippen molar-refractivity contribution in [2.24, 2.45) is 0 Å². The normalized spacial score (nSPS) is 27.4. The van der Waals surface area contributed by atoms with Crippen LogP contribution in [0.4, 0.5) is 0 Å². The van der Waals surface area contributed by atoms with Crippen LogP contribution < -0.4 is 9.47 Å². The fraction of sp³-hybridized carbons (Fsp3) is 0.700. The molecule has 1 aliphatic heterocycles. The maximum atomic E-state index is 9.83. The Morgan fingerprint density at radius 3 is 2.60 bits per heavy atom. The first-order valence-electron chi connectivity index (χ1n) is 9.46. The van der Waals surface area contributed by atoms with E-state index >= 15 is 0 Å². The molecule has 1 aromatic rings. The van der Waals surface area contributed by atoms with E-state index in [2.05, 4.69) is 11.0 Å². The van der Waals surface area contributed by atoms with Gasteiger partial charge in [0.2, 0.25) is 0 Å². The minimum absolute atomic E-state index is 0.158. The lowest BCUT2D eigenvalue weighted by Gasteiger charge is -2.37. The molecule has 5 nitrogen and oxygen atoms in total. The van der Waals surface area contributed by atoms with E-state index in [4.69, 9.17) is 14.2 Å². The van der Waals surface area contributed by atoms with Gasteiger partial charge in [0.25, 0.3) is 0 Å². The molecule has 1 saturated carbocycles. The molecule has 0 amide bonds. The average Bonchev–Trinajstić information content (AvgIpc) is 3.08. The van der Waals surface area contributed by atoms with Gasteiger partial charge in [-0.15, -0.1) is 0 Å². The number of benzene rings is 1. The van der Waals surface area contributed by atoms with Gasteiger partial charge < -0.3 is 19.3 Å². The summed E-state index contributed by atoms with van der Waals surface area (Å²) in [5.74, 6) is 1.52. The summed E-state index contributed by atoms with van der Waals surface area (Å²) in [7, 11) is 3.31. The number of aliphatic hydroxyl groups excluding tert-OH is 1. The van der Waals surface area contributed by atoms with Crippen LogP contribution in [-0.2, 0) is 11.2 Å². The first-order valence-corrected chi connectivity index (χ1v) is 9.46. The molecule has 2 aliphatic rings. The van der Waals surface area contributed by atoms with Gasteiger partial charge in [-0.05, 0) is 43.4 Å². The first kappa shape index (κ1) is 18.5. The summed E-state index contributed by atoms with van der Waals surface area (Å²) in [5.41, 5.74) is 1.20. The van der Waals surface area contributed by atoms with Gasteiger partial charge in [-0.1, -0.05) is 18.9 Å². The van der Waals surface area contributed by atoms with Crippen molar-refractivity contribution < 1.29 is 19.3 Å². The molecule has 0 spiro atoms. The van der Waals surface area contributed by atoms with Gasteiger partial charge in [-0.2, -0.15) is 0 Å². The summed E-state index contributed by atoms with van der Waals surface area (Å²) in [6.07, 6.45) is 6.73. The van der Waals surface area contributed by atoms with E-state index in [1.54, 1.807) is 14.2 Å². The molecule has 2 fully saturated rings. The Bertz CT molecular complexity index is 550. The topological polar surface area (TPSA) is 51.2 Å². The highest BCUT2D eigenvalue weighted by molar-refractivity contribution is 5.42. The van der Waals surface area contributed by atoms with Crippen LogP contribution in [0.5, 0.6) is 11.5 Å². The second-order valence-corrected chi connectivity index (χ2v) is 7.14. The molecule has 3 atom stereocenters. The van der Waals surface area contributed by atoms with Crippen LogP contribution in [-0.4, -0.2) is 62.2 Å². The highest BCUT2D eigenvalue weighted by atomic mass is 16.5. The van der Waals surface area contributed by atoms with Gasteiger partial charge in [0, 0.05) is 19.1 Å². The van der Waals surface area contributed by atoms with Gasteiger partial charge in [0.05, 0.1) is 33.0 Å². The molecule has 0 aromatic heterocycles. The summed E-state index contributed by atoms with van der Waals surface area (Å²) in [5, 5.41) is 9.83. The zero-order valence-corrected chi connectivity index (χ0v) is 15.4. The quantitative estimate of drug-likeness (QED) is 0.820. The van der Waals surface area contributed by atoms with Crippen molar-refractivity contribution in [3.05, 3.63) is 23.8 Å². The molecule has 1 aromatic carbocycles. The summed E-state index contributed by atoms with van der Waals surface area (Å²) in [6.45, 7) is 2.52. The SMILES string of the molecule is COc1ccc(CCO[C@H]2CCCC[C@H]2N2CC[C@@H](O)C2)cc1OC. The number of methoxy groups -OCH3 is 2. The summed E-state index contributed by atoms with van der Waals surface area (Å²) in [6, 6.07) is 6.51. The van der Waals surface area contributed by atoms with Crippen molar-refractivity contribution in [1.82, 2.24) is 4.90 Å². The number of nitrogens with zero attached hydrogens (tertiary/aromatic N) is 1. The molecular weight excluding hydrogens is 318 g/mol. The number of hydrogen-bond donors (Lipinski definition) is 1. The summed E-state index contributed by atoms with van der Waals surface area (Å²) in [4.78, 5) is 2.44. The van der Waals surface area contributed by atoms with Gasteiger partial charge in [0.15, 0.2) is 11.5 Å². The Morgan fingerprint density at radius 1 is 1.08 bits per heavy atom. The van der Waals surface area contributed by atoms with E-state index in [9.17, 15) is 5.11 Å². The third kappa shape index (κ3) is 4.66. The number of hydrogen-bond acceptors (Lipinski definition) is 5. The maximum Gasteiger partial charge on any atom is 0.160 e. The fourth-order valence-corrected chi connectivity index (χ4v) is 4.12. The van der Waals surface area contributed by atoms with E-state index < -0.39 is 0 Å². The smallest absolute Gasteiger partial charge is 0.160 e. The standard InChI is InChI=1S/C20H31NO4/c1-23-19-8-7-15(13-20(19)24-2)10-12-25-18-6-4-3-5-17(18)21-11-9-16(22)14-21/h7-8,13,16-18,22H,3-6,9-12,14H2,1-2H3/t16-,17-,18+/m1/s1. The highest BCUT2D eigenvalue weighted by Gasteiger charge is 2.34. The van der Waals surface area contributed by atoms with Crippen LogP contribution in [0.3, 0.4) is 0 Å². The Balaban J connectivity index is 1.53. The zero-order valence-electron chi connectivity index (χ0n) is 15.4. The van der Waals surface area contributed by atoms with Crippen LogP contribution in [0.25, 0.3) is 0 Å². The fourth-order valence-electron chi connectivity index (χ4n) is 4.12. The van der Waals surface area contributed by atoms with Crippen LogP contribution in [0.15, 0.2) is 18.2 Å². The predicted molar refractivity (Wildman–Crippen MR) is 97.4 cm³/mol. The minimum Gasteiger partial charge on any atom is -0.493 e. The Morgan fingerprint density at radius 2 is 1.88 bits per heavy atom. The summed E-state index contributed by atoms with van der Waals surface area (Å²) < 4.78 is 16.9. The van der Waals surface area contributed by atoms with E-state index in [-0.39, 0.29) is 6.10 Å². The number of rotatable bonds is 7. The molecule has 1 saturated heterocycles. The zero-order chi connectivity index (χ0) is 17.6. The molecule has 1 aliphatic carbocycles. The molecule has 140 valence electrons. The van der Waals surface area contributed by atoms with E-state index in [1.165, 1.54) is 24.8 Å². The van der Waals surface area contributed by atoms with Crippen LogP contribution in [0.1, 0.15) is 37.7 Å². The molecule has 1 N–H and O–H groups in total. The lowest BCUT2D eigenvalue weighted by molar-refractivity contribution is -0.0316. The van der Waals surface area contributed by atoms with Crippen LogP contribution in [0.2, 0.25) is 0 Å². The minimum atomic E-state index is -0.158. The van der Waals surface area contributed by atoms with Crippen molar-refractivity contribution in [3.63, 3.8) is 0 Å².